The average molecular weight is 274 g/mol. The molecule has 1 aromatic heterocycles. The highest BCUT2D eigenvalue weighted by atomic mass is 16.5. The summed E-state index contributed by atoms with van der Waals surface area (Å²) in [5, 5.41) is 9.24. The molecule has 1 N–H and O–H groups in total. The van der Waals surface area contributed by atoms with Crippen molar-refractivity contribution in [3.63, 3.8) is 0 Å². The lowest BCUT2D eigenvalue weighted by atomic mass is 10.0. The zero-order chi connectivity index (χ0) is 14.3. The Morgan fingerprint density at radius 1 is 1.55 bits per heavy atom. The second kappa shape index (κ2) is 4.59. The van der Waals surface area contributed by atoms with Gasteiger partial charge in [-0.1, -0.05) is 6.07 Å². The molecule has 1 atom stereocenters. The third-order valence-electron chi connectivity index (χ3n) is 3.99. The minimum atomic E-state index is -0.941. The van der Waals surface area contributed by atoms with E-state index in [0.717, 1.165) is 30.8 Å². The molecule has 1 saturated heterocycles. The Morgan fingerprint density at radius 2 is 2.35 bits per heavy atom. The van der Waals surface area contributed by atoms with Gasteiger partial charge in [0.05, 0.1) is 23.2 Å². The Hall–Kier alpha value is -1.88. The summed E-state index contributed by atoms with van der Waals surface area (Å²) in [5.74, 6) is -0.117. The van der Waals surface area contributed by atoms with Crippen LogP contribution in [0.15, 0.2) is 18.2 Å². The minimum absolute atomic E-state index is 0.183. The van der Waals surface area contributed by atoms with E-state index in [2.05, 4.69) is 16.5 Å². The summed E-state index contributed by atoms with van der Waals surface area (Å²) >= 11 is 0. The van der Waals surface area contributed by atoms with Crippen molar-refractivity contribution in [3.8, 4) is 0 Å². The average Bonchev–Trinajstić information content (AvgIpc) is 2.95. The third kappa shape index (κ3) is 2.08. The van der Waals surface area contributed by atoms with Crippen LogP contribution in [0.1, 0.15) is 35.9 Å². The van der Waals surface area contributed by atoms with Crippen molar-refractivity contribution in [1.82, 2.24) is 9.55 Å². The van der Waals surface area contributed by atoms with E-state index in [1.165, 1.54) is 0 Å². The summed E-state index contributed by atoms with van der Waals surface area (Å²) in [5.41, 5.74) is 1.48. The standard InChI is InChI=1S/C15H18N2O3/c1-10-16-13-11(14(18)19)5-3-6-12(13)17(10)9-15(2)7-4-8-20-15/h3,5-6H,4,7-9H2,1-2H3,(H,18,19). The number of para-hydroxylation sites is 1. The molecule has 1 aromatic carbocycles. The molecular weight excluding hydrogens is 256 g/mol. The van der Waals surface area contributed by atoms with Gasteiger partial charge in [0.25, 0.3) is 0 Å². The van der Waals surface area contributed by atoms with Gasteiger partial charge in [0.15, 0.2) is 0 Å². The van der Waals surface area contributed by atoms with Gasteiger partial charge >= 0.3 is 5.97 Å². The van der Waals surface area contributed by atoms with Crippen molar-refractivity contribution in [2.45, 2.75) is 38.8 Å². The number of aryl methyl sites for hydroxylation is 1. The normalized spacial score (nSPS) is 22.5. The first-order chi connectivity index (χ1) is 9.50. The molecule has 1 aliphatic rings. The van der Waals surface area contributed by atoms with Gasteiger partial charge in [-0.2, -0.15) is 0 Å². The molecule has 2 heterocycles. The highest BCUT2D eigenvalue weighted by Crippen LogP contribution is 2.29. The van der Waals surface area contributed by atoms with E-state index in [4.69, 9.17) is 4.74 Å². The van der Waals surface area contributed by atoms with Gasteiger partial charge in [0.1, 0.15) is 11.3 Å². The molecule has 20 heavy (non-hydrogen) atoms. The number of carbonyl (C=O) groups is 1. The zero-order valence-electron chi connectivity index (χ0n) is 11.7. The van der Waals surface area contributed by atoms with Crippen LogP contribution in [0.2, 0.25) is 0 Å². The van der Waals surface area contributed by atoms with Crippen molar-refractivity contribution in [1.29, 1.82) is 0 Å². The maximum absolute atomic E-state index is 11.3. The predicted molar refractivity (Wildman–Crippen MR) is 75.0 cm³/mol. The Bertz CT molecular complexity index is 669. The fourth-order valence-electron chi connectivity index (χ4n) is 2.93. The molecule has 1 unspecified atom stereocenters. The van der Waals surface area contributed by atoms with E-state index in [-0.39, 0.29) is 11.2 Å². The second-order valence-electron chi connectivity index (χ2n) is 5.63. The zero-order valence-corrected chi connectivity index (χ0v) is 11.7. The summed E-state index contributed by atoms with van der Waals surface area (Å²) in [4.78, 5) is 15.7. The SMILES string of the molecule is Cc1nc2c(C(=O)O)cccc2n1CC1(C)CCCO1. The Balaban J connectivity index is 2.09. The number of aromatic nitrogens is 2. The van der Waals surface area contributed by atoms with E-state index >= 15 is 0 Å². The summed E-state index contributed by atoms with van der Waals surface area (Å²) in [6, 6.07) is 5.27. The third-order valence-corrected chi connectivity index (χ3v) is 3.99. The number of ether oxygens (including phenoxy) is 1. The van der Waals surface area contributed by atoms with E-state index < -0.39 is 5.97 Å². The first-order valence-electron chi connectivity index (χ1n) is 6.83. The predicted octanol–water partition coefficient (Wildman–Crippen LogP) is 2.61. The maximum Gasteiger partial charge on any atom is 0.337 e. The molecule has 5 heteroatoms. The highest BCUT2D eigenvalue weighted by Gasteiger charge is 2.31. The van der Waals surface area contributed by atoms with E-state index in [1.54, 1.807) is 12.1 Å². The molecule has 5 nitrogen and oxygen atoms in total. The molecule has 1 aliphatic heterocycles. The fourth-order valence-corrected chi connectivity index (χ4v) is 2.93. The highest BCUT2D eigenvalue weighted by molar-refractivity contribution is 6.01. The molecule has 3 rings (SSSR count). The molecule has 0 amide bonds. The molecule has 0 radical (unpaired) electrons. The summed E-state index contributed by atoms with van der Waals surface area (Å²) < 4.78 is 7.89. The number of nitrogens with zero attached hydrogens (tertiary/aromatic N) is 2. The number of hydrogen-bond acceptors (Lipinski definition) is 3. The first-order valence-corrected chi connectivity index (χ1v) is 6.83. The lowest BCUT2D eigenvalue weighted by Gasteiger charge is -2.24. The molecule has 2 aromatic rings. The smallest absolute Gasteiger partial charge is 0.337 e. The van der Waals surface area contributed by atoms with Crippen LogP contribution in [0.3, 0.4) is 0 Å². The summed E-state index contributed by atoms with van der Waals surface area (Å²) in [7, 11) is 0. The number of carboxylic acid groups (broad SMARTS) is 1. The van der Waals surface area contributed by atoms with Gasteiger partial charge in [-0.25, -0.2) is 9.78 Å². The topological polar surface area (TPSA) is 64.3 Å². The van der Waals surface area contributed by atoms with Crippen LogP contribution < -0.4 is 0 Å². The van der Waals surface area contributed by atoms with Crippen LogP contribution in [0.4, 0.5) is 0 Å². The van der Waals surface area contributed by atoms with Crippen molar-refractivity contribution >= 4 is 17.0 Å². The number of imidazole rings is 1. The van der Waals surface area contributed by atoms with Gasteiger partial charge in [-0.3, -0.25) is 0 Å². The molecule has 0 saturated carbocycles. The minimum Gasteiger partial charge on any atom is -0.478 e. The molecule has 0 bridgehead atoms. The van der Waals surface area contributed by atoms with Gasteiger partial charge in [-0.05, 0) is 38.8 Å². The van der Waals surface area contributed by atoms with Crippen molar-refractivity contribution in [2.24, 2.45) is 0 Å². The number of fused-ring (bicyclic) bond motifs is 1. The van der Waals surface area contributed by atoms with Crippen LogP contribution in [0, 0.1) is 6.92 Å². The maximum atomic E-state index is 11.3. The number of rotatable bonds is 3. The van der Waals surface area contributed by atoms with Crippen molar-refractivity contribution in [2.75, 3.05) is 6.61 Å². The number of benzene rings is 1. The molecule has 1 fully saturated rings. The van der Waals surface area contributed by atoms with Gasteiger partial charge in [-0.15, -0.1) is 0 Å². The fraction of sp³-hybridized carbons (Fsp3) is 0.467. The van der Waals surface area contributed by atoms with E-state index in [9.17, 15) is 9.90 Å². The van der Waals surface area contributed by atoms with Crippen LogP contribution in [-0.4, -0.2) is 32.8 Å². The van der Waals surface area contributed by atoms with E-state index in [1.807, 2.05) is 13.0 Å². The monoisotopic (exact) mass is 274 g/mol. The quantitative estimate of drug-likeness (QED) is 0.934. The largest absolute Gasteiger partial charge is 0.478 e. The first kappa shape index (κ1) is 13.1. The number of carboxylic acids is 1. The lowest BCUT2D eigenvalue weighted by molar-refractivity contribution is 0.00665. The van der Waals surface area contributed by atoms with Gasteiger partial charge in [0, 0.05) is 6.61 Å². The van der Waals surface area contributed by atoms with Crippen molar-refractivity contribution < 1.29 is 14.6 Å². The lowest BCUT2D eigenvalue weighted by Crippen LogP contribution is -2.29. The molecule has 0 spiro atoms. The molecular formula is C15H18N2O3. The molecule has 106 valence electrons. The van der Waals surface area contributed by atoms with Gasteiger partial charge < -0.3 is 14.4 Å². The van der Waals surface area contributed by atoms with Crippen LogP contribution in [0.25, 0.3) is 11.0 Å². The van der Waals surface area contributed by atoms with Crippen LogP contribution in [0.5, 0.6) is 0 Å². The Morgan fingerprint density at radius 3 is 3.00 bits per heavy atom. The van der Waals surface area contributed by atoms with Crippen LogP contribution >= 0.6 is 0 Å². The number of aromatic carboxylic acids is 1. The Labute approximate surface area is 117 Å². The summed E-state index contributed by atoms with van der Waals surface area (Å²) in [6.45, 7) is 5.51. The summed E-state index contributed by atoms with van der Waals surface area (Å²) in [6.07, 6.45) is 2.09. The number of hydrogen-bond donors (Lipinski definition) is 1. The van der Waals surface area contributed by atoms with Crippen molar-refractivity contribution in [3.05, 3.63) is 29.6 Å². The second-order valence-corrected chi connectivity index (χ2v) is 5.63. The van der Waals surface area contributed by atoms with Gasteiger partial charge in [0.2, 0.25) is 0 Å². The van der Waals surface area contributed by atoms with Crippen LogP contribution in [-0.2, 0) is 11.3 Å². The molecule has 0 aliphatic carbocycles. The van der Waals surface area contributed by atoms with E-state index in [0.29, 0.717) is 12.1 Å². The Kier molecular flexibility index (Phi) is 3.01.